The molecule has 0 saturated carbocycles. The number of aromatic nitrogens is 2. The van der Waals surface area contributed by atoms with Gasteiger partial charge >= 0.3 is 0 Å². The third-order valence-corrected chi connectivity index (χ3v) is 3.49. The van der Waals surface area contributed by atoms with Crippen LogP contribution in [0.2, 0.25) is 0 Å². The molecule has 3 aromatic rings. The molecule has 0 spiro atoms. The van der Waals surface area contributed by atoms with E-state index >= 15 is 0 Å². The van der Waals surface area contributed by atoms with E-state index in [1.165, 1.54) is 27.9 Å². The van der Waals surface area contributed by atoms with E-state index in [9.17, 15) is 0 Å². The van der Waals surface area contributed by atoms with E-state index in [4.69, 9.17) is 0 Å². The second kappa shape index (κ2) is 2.59. The minimum Gasteiger partial charge on any atom is -0.187 e. The highest BCUT2D eigenvalue weighted by Crippen LogP contribution is 2.35. The first-order valence-corrected chi connectivity index (χ1v) is 5.60. The predicted molar refractivity (Wildman–Crippen MR) is 62.3 cm³/mol. The van der Waals surface area contributed by atoms with E-state index < -0.39 is 0 Å². The minimum atomic E-state index is 1.09. The lowest BCUT2D eigenvalue weighted by Crippen LogP contribution is -2.28. The van der Waals surface area contributed by atoms with Gasteiger partial charge in [-0.1, -0.05) is 29.1 Å². The summed E-state index contributed by atoms with van der Waals surface area (Å²) in [7, 11) is 0. The summed E-state index contributed by atoms with van der Waals surface area (Å²) in [4.78, 5) is 0. The summed E-state index contributed by atoms with van der Waals surface area (Å²) in [5.74, 6) is 1.46. The van der Waals surface area contributed by atoms with Gasteiger partial charge in [-0.15, -0.1) is 17.9 Å². The molecule has 0 fully saturated rings. The Balaban J connectivity index is 2.35. The molecule has 2 nitrogen and oxygen atoms in total. The molecule has 78 valence electrons. The first-order valence-electron chi connectivity index (χ1n) is 5.60. The van der Waals surface area contributed by atoms with Crippen molar-refractivity contribution in [2.45, 2.75) is 13.3 Å². The molecule has 0 aliphatic heterocycles. The SMILES string of the molecule is C[C-]1Cc2cccc3c[n+]4cccn4c1c23. The summed E-state index contributed by atoms with van der Waals surface area (Å²) in [5, 5.41) is 2.76. The van der Waals surface area contributed by atoms with E-state index in [2.05, 4.69) is 58.8 Å². The van der Waals surface area contributed by atoms with Gasteiger partial charge in [0.15, 0.2) is 6.20 Å². The lowest BCUT2D eigenvalue weighted by molar-refractivity contribution is -0.616. The summed E-state index contributed by atoms with van der Waals surface area (Å²) in [6, 6.07) is 8.67. The summed E-state index contributed by atoms with van der Waals surface area (Å²) >= 11 is 0. The fourth-order valence-corrected chi connectivity index (χ4v) is 2.85. The molecule has 0 N–H and O–H groups in total. The van der Waals surface area contributed by atoms with Gasteiger partial charge in [-0.25, -0.2) is 0 Å². The second-order valence-electron chi connectivity index (χ2n) is 4.53. The summed E-state index contributed by atoms with van der Waals surface area (Å²) in [6.07, 6.45) is 7.50. The molecule has 0 atom stereocenters. The van der Waals surface area contributed by atoms with Gasteiger partial charge in [-0.2, -0.15) is 10.4 Å². The largest absolute Gasteiger partial charge is 0.202 e. The quantitative estimate of drug-likeness (QED) is 0.395. The van der Waals surface area contributed by atoms with Gasteiger partial charge in [0.1, 0.15) is 0 Å². The molecule has 2 heterocycles. The van der Waals surface area contributed by atoms with Crippen molar-refractivity contribution in [1.29, 1.82) is 0 Å². The van der Waals surface area contributed by atoms with E-state index in [1.807, 2.05) is 0 Å². The molecule has 1 aliphatic carbocycles. The van der Waals surface area contributed by atoms with E-state index in [0.29, 0.717) is 0 Å². The van der Waals surface area contributed by atoms with Crippen LogP contribution in [0.1, 0.15) is 18.2 Å². The monoisotopic (exact) mass is 208 g/mol. The van der Waals surface area contributed by atoms with Crippen molar-refractivity contribution < 1.29 is 4.52 Å². The van der Waals surface area contributed by atoms with Crippen molar-refractivity contribution in [3.8, 4) is 0 Å². The van der Waals surface area contributed by atoms with Crippen LogP contribution >= 0.6 is 0 Å². The number of fused-ring (bicyclic) bond motifs is 2. The molecule has 4 rings (SSSR count). The van der Waals surface area contributed by atoms with Gasteiger partial charge in [-0.05, 0) is 11.1 Å². The third kappa shape index (κ3) is 0.830. The van der Waals surface area contributed by atoms with Crippen molar-refractivity contribution in [1.82, 2.24) is 4.52 Å². The van der Waals surface area contributed by atoms with Gasteiger partial charge in [0.2, 0.25) is 6.20 Å². The Labute approximate surface area is 93.7 Å². The van der Waals surface area contributed by atoms with Crippen LogP contribution in [0.3, 0.4) is 0 Å². The van der Waals surface area contributed by atoms with Crippen molar-refractivity contribution >= 4 is 10.8 Å². The molecular formula is C14H12N2. The van der Waals surface area contributed by atoms with Crippen LogP contribution < -0.4 is 4.52 Å². The highest BCUT2D eigenvalue weighted by Gasteiger charge is 2.16. The highest BCUT2D eigenvalue weighted by molar-refractivity contribution is 5.91. The van der Waals surface area contributed by atoms with Crippen molar-refractivity contribution in [3.05, 3.63) is 60.0 Å². The summed E-state index contributed by atoms with van der Waals surface area (Å²) in [6.45, 7) is 2.23. The van der Waals surface area contributed by atoms with Gasteiger partial charge in [-0.3, -0.25) is 0 Å². The summed E-state index contributed by atoms with van der Waals surface area (Å²) < 4.78 is 4.38. The van der Waals surface area contributed by atoms with Crippen LogP contribution in [0, 0.1) is 5.92 Å². The number of benzene rings is 1. The van der Waals surface area contributed by atoms with Crippen LogP contribution in [0.5, 0.6) is 0 Å². The standard InChI is InChI=1S/C14H12N2/c1-10-8-11-4-2-5-12-9-15-6-3-7-16(15)14(10)13(11)12/h2-7,9H,8H2,1H3. The Bertz CT molecular complexity index is 709. The Morgan fingerprint density at radius 2 is 2.25 bits per heavy atom. The maximum Gasteiger partial charge on any atom is 0.202 e. The molecule has 1 aromatic carbocycles. The highest BCUT2D eigenvalue weighted by atomic mass is 15.3. The van der Waals surface area contributed by atoms with E-state index in [0.717, 1.165) is 6.42 Å². The smallest absolute Gasteiger partial charge is 0.187 e. The van der Waals surface area contributed by atoms with Crippen LogP contribution in [-0.4, -0.2) is 4.52 Å². The zero-order valence-corrected chi connectivity index (χ0v) is 9.14. The fourth-order valence-electron chi connectivity index (χ4n) is 2.85. The fraction of sp³-hybridized carbons (Fsp3) is 0.143. The maximum absolute atomic E-state index is 2.24. The van der Waals surface area contributed by atoms with Crippen LogP contribution in [0.4, 0.5) is 0 Å². The predicted octanol–water partition coefficient (Wildman–Crippen LogP) is 2.18. The zero-order valence-electron chi connectivity index (χ0n) is 9.14. The van der Waals surface area contributed by atoms with Gasteiger partial charge in [0.25, 0.3) is 0 Å². The number of hydrogen-bond acceptors (Lipinski definition) is 0. The molecule has 2 heteroatoms. The normalized spacial score (nSPS) is 14.2. The number of hydrogen-bond donors (Lipinski definition) is 0. The zero-order chi connectivity index (χ0) is 10.7. The lowest BCUT2D eigenvalue weighted by atomic mass is 10.1. The average Bonchev–Trinajstić information content (AvgIpc) is 2.84. The van der Waals surface area contributed by atoms with E-state index in [-0.39, 0.29) is 0 Å². The summed E-state index contributed by atoms with van der Waals surface area (Å²) in [5.41, 5.74) is 2.83. The molecule has 2 aromatic heterocycles. The Morgan fingerprint density at radius 3 is 3.19 bits per heavy atom. The van der Waals surface area contributed by atoms with Gasteiger partial charge in [0, 0.05) is 6.07 Å². The molecular weight excluding hydrogens is 196 g/mol. The molecule has 0 amide bonds. The van der Waals surface area contributed by atoms with Crippen molar-refractivity contribution in [2.24, 2.45) is 0 Å². The Morgan fingerprint density at radius 1 is 1.31 bits per heavy atom. The van der Waals surface area contributed by atoms with Gasteiger partial charge < -0.3 is 0 Å². The lowest BCUT2D eigenvalue weighted by Gasteiger charge is -2.14. The second-order valence-corrected chi connectivity index (χ2v) is 4.53. The molecule has 0 bridgehead atoms. The van der Waals surface area contributed by atoms with Gasteiger partial charge in [0.05, 0.1) is 6.20 Å². The van der Waals surface area contributed by atoms with Crippen molar-refractivity contribution in [3.63, 3.8) is 0 Å². The Kier molecular flexibility index (Phi) is 1.33. The van der Waals surface area contributed by atoms with Crippen LogP contribution in [0.25, 0.3) is 10.8 Å². The van der Waals surface area contributed by atoms with Crippen LogP contribution in [-0.2, 0) is 6.42 Å². The van der Waals surface area contributed by atoms with E-state index in [1.54, 1.807) is 0 Å². The molecule has 0 radical (unpaired) electrons. The number of nitrogens with zero attached hydrogens (tertiary/aromatic N) is 2. The minimum absolute atomic E-state index is 1.09. The average molecular weight is 208 g/mol. The van der Waals surface area contributed by atoms with Crippen molar-refractivity contribution in [2.75, 3.05) is 0 Å². The van der Waals surface area contributed by atoms with Crippen LogP contribution in [0.15, 0.2) is 42.9 Å². The molecule has 16 heavy (non-hydrogen) atoms. The molecule has 1 aliphatic rings. The number of rotatable bonds is 0. The topological polar surface area (TPSA) is 8.51 Å². The third-order valence-electron chi connectivity index (χ3n) is 3.49. The maximum atomic E-state index is 2.24. The Hall–Kier alpha value is -1.96. The molecule has 0 saturated heterocycles. The molecule has 0 unspecified atom stereocenters. The first kappa shape index (κ1) is 8.22. The first-order chi connectivity index (χ1) is 7.84.